The van der Waals surface area contributed by atoms with Gasteiger partial charge in [0.15, 0.2) is 11.1 Å². The van der Waals surface area contributed by atoms with Gasteiger partial charge in [0.1, 0.15) is 17.3 Å². The minimum Gasteiger partial charge on any atom is -0.478 e. The van der Waals surface area contributed by atoms with Gasteiger partial charge in [-0.3, -0.25) is 0 Å². The van der Waals surface area contributed by atoms with Crippen LogP contribution in [0, 0.1) is 12.7 Å². The van der Waals surface area contributed by atoms with E-state index in [1.165, 1.54) is 49.4 Å². The van der Waals surface area contributed by atoms with E-state index in [0.717, 1.165) is 12.1 Å². The first-order valence-electron chi connectivity index (χ1n) is 8.91. The third kappa shape index (κ3) is 5.14. The number of halogens is 1. The van der Waals surface area contributed by atoms with Crippen LogP contribution in [0.4, 0.5) is 4.39 Å². The summed E-state index contributed by atoms with van der Waals surface area (Å²) in [7, 11) is 0. The highest BCUT2D eigenvalue weighted by atomic mass is 32.2. The Balaban J connectivity index is 2.24. The number of carboxylic acid groups (broad SMARTS) is 2. The number of rotatable bonds is 7. The zero-order valence-electron chi connectivity index (χ0n) is 16.2. The van der Waals surface area contributed by atoms with Crippen molar-refractivity contribution in [2.45, 2.75) is 12.7 Å². The molecule has 3 aromatic rings. The van der Waals surface area contributed by atoms with Crippen LogP contribution in [-0.4, -0.2) is 30.9 Å². The lowest BCUT2D eigenvalue weighted by molar-refractivity contribution is 0.0695. The van der Waals surface area contributed by atoms with Crippen LogP contribution in [-0.2, 0) is 16.8 Å². The van der Waals surface area contributed by atoms with Crippen molar-refractivity contribution < 1.29 is 37.7 Å². The predicted molar refractivity (Wildman–Crippen MR) is 111 cm³/mol. The first-order chi connectivity index (χ1) is 14.7. The zero-order chi connectivity index (χ0) is 22.7. The van der Waals surface area contributed by atoms with Crippen LogP contribution >= 0.6 is 0 Å². The lowest BCUT2D eigenvalue weighted by atomic mass is 9.92. The van der Waals surface area contributed by atoms with Crippen molar-refractivity contribution >= 4 is 23.0 Å². The quantitative estimate of drug-likeness (QED) is 0.451. The second-order valence-corrected chi connectivity index (χ2v) is 7.61. The molecule has 0 heterocycles. The van der Waals surface area contributed by atoms with Gasteiger partial charge in [-0.25, -0.2) is 18.2 Å². The van der Waals surface area contributed by atoms with Crippen molar-refractivity contribution in [3.63, 3.8) is 0 Å². The molecule has 7 nitrogen and oxygen atoms in total. The van der Waals surface area contributed by atoms with Crippen LogP contribution in [0.2, 0.25) is 0 Å². The topological polar surface area (TPSA) is 121 Å². The molecule has 0 radical (unpaired) electrons. The number of ether oxygens (including phenoxy) is 1. The Labute approximate surface area is 179 Å². The van der Waals surface area contributed by atoms with Crippen LogP contribution in [0.1, 0.15) is 31.8 Å². The third-order valence-electron chi connectivity index (χ3n) is 4.47. The molecule has 0 aliphatic rings. The Bertz CT molecular complexity index is 1210. The smallest absolute Gasteiger partial charge is 0.336 e. The summed E-state index contributed by atoms with van der Waals surface area (Å²) in [5.74, 6) is -3.03. The predicted octanol–water partition coefficient (Wildman–Crippen LogP) is 4.71. The fraction of sp³-hybridized carbons (Fsp3) is 0.0909. The first kappa shape index (κ1) is 22.1. The number of carboxylic acids is 2. The second-order valence-electron chi connectivity index (χ2n) is 6.68. The maximum Gasteiger partial charge on any atom is 0.336 e. The minimum absolute atomic E-state index is 0.159. The summed E-state index contributed by atoms with van der Waals surface area (Å²) in [5, 5.41) is 19.0. The third-order valence-corrected chi connectivity index (χ3v) is 5.05. The fourth-order valence-electron chi connectivity index (χ4n) is 3.10. The summed E-state index contributed by atoms with van der Waals surface area (Å²) in [4.78, 5) is 23.3. The molecule has 31 heavy (non-hydrogen) atoms. The Kier molecular flexibility index (Phi) is 6.47. The standard InChI is InChI=1S/C22H17FO7S/c1-12-7-17(19(22(26)27)10-16(12)21(24)25)18-8-13(11-31(28)29)5-6-20(18)30-15-4-2-3-14(23)9-15/h2-10H,11H2,1H3,(H,24,25)(H,26,27)(H,28,29). The van der Waals surface area contributed by atoms with Gasteiger partial charge in [-0.05, 0) is 54.4 Å². The molecular formula is C22H17FO7S. The molecule has 0 aromatic heterocycles. The number of aryl methyl sites for hydroxylation is 1. The van der Waals surface area contributed by atoms with E-state index in [0.29, 0.717) is 11.1 Å². The van der Waals surface area contributed by atoms with Crippen LogP contribution in [0.25, 0.3) is 11.1 Å². The molecule has 0 fully saturated rings. The summed E-state index contributed by atoms with van der Waals surface area (Å²) in [6, 6.07) is 12.3. The van der Waals surface area contributed by atoms with Gasteiger partial charge >= 0.3 is 11.9 Å². The molecule has 9 heteroatoms. The van der Waals surface area contributed by atoms with E-state index in [9.17, 15) is 33.0 Å². The van der Waals surface area contributed by atoms with Crippen molar-refractivity contribution in [3.05, 3.63) is 82.7 Å². The molecule has 1 atom stereocenters. The molecule has 3 aromatic carbocycles. The van der Waals surface area contributed by atoms with Gasteiger partial charge in [0, 0.05) is 17.2 Å². The summed E-state index contributed by atoms with van der Waals surface area (Å²) in [6.45, 7) is 1.53. The number of benzene rings is 3. The second kappa shape index (κ2) is 9.07. The molecule has 1 unspecified atom stereocenters. The molecule has 0 aliphatic heterocycles. The van der Waals surface area contributed by atoms with E-state index in [4.69, 9.17) is 4.74 Å². The van der Waals surface area contributed by atoms with Crippen LogP contribution in [0.5, 0.6) is 11.5 Å². The van der Waals surface area contributed by atoms with Crippen LogP contribution in [0.15, 0.2) is 54.6 Å². The summed E-state index contributed by atoms with van der Waals surface area (Å²) >= 11 is -2.14. The SMILES string of the molecule is Cc1cc(-c2cc(CS(=O)O)ccc2Oc2cccc(F)c2)c(C(=O)O)cc1C(=O)O. The largest absolute Gasteiger partial charge is 0.478 e. The summed E-state index contributed by atoms with van der Waals surface area (Å²) in [6.07, 6.45) is 0. The minimum atomic E-state index is -2.14. The van der Waals surface area contributed by atoms with Crippen molar-refractivity contribution in [2.24, 2.45) is 0 Å². The van der Waals surface area contributed by atoms with Crippen molar-refractivity contribution in [1.29, 1.82) is 0 Å². The molecule has 3 rings (SSSR count). The maximum atomic E-state index is 13.6. The summed E-state index contributed by atoms with van der Waals surface area (Å²) < 4.78 is 39.8. The number of aromatic carboxylic acids is 2. The Morgan fingerprint density at radius 3 is 2.29 bits per heavy atom. The number of hydrogen-bond donors (Lipinski definition) is 3. The molecular weight excluding hydrogens is 427 g/mol. The Morgan fingerprint density at radius 1 is 0.968 bits per heavy atom. The van der Waals surface area contributed by atoms with Crippen LogP contribution < -0.4 is 4.74 Å². The molecule has 3 N–H and O–H groups in total. The van der Waals surface area contributed by atoms with E-state index in [1.807, 2.05) is 0 Å². The Hall–Kier alpha value is -3.56. The number of hydrogen-bond acceptors (Lipinski definition) is 4. The van der Waals surface area contributed by atoms with Gasteiger partial charge in [-0.1, -0.05) is 12.1 Å². The van der Waals surface area contributed by atoms with Gasteiger partial charge in [0.25, 0.3) is 0 Å². The monoisotopic (exact) mass is 444 g/mol. The van der Waals surface area contributed by atoms with E-state index < -0.39 is 28.8 Å². The number of carbonyl (C=O) groups is 2. The molecule has 0 bridgehead atoms. The van der Waals surface area contributed by atoms with Gasteiger partial charge in [-0.2, -0.15) is 0 Å². The molecule has 0 aliphatic carbocycles. The highest BCUT2D eigenvalue weighted by Crippen LogP contribution is 2.38. The molecule has 0 saturated heterocycles. The lowest BCUT2D eigenvalue weighted by Gasteiger charge is -2.16. The van der Waals surface area contributed by atoms with E-state index in [2.05, 4.69) is 0 Å². The van der Waals surface area contributed by atoms with Crippen molar-refractivity contribution in [1.82, 2.24) is 0 Å². The molecule has 0 saturated carbocycles. The Morgan fingerprint density at radius 2 is 1.68 bits per heavy atom. The summed E-state index contributed by atoms with van der Waals surface area (Å²) in [5.41, 5.74) is 0.714. The zero-order valence-corrected chi connectivity index (χ0v) is 17.0. The highest BCUT2D eigenvalue weighted by molar-refractivity contribution is 7.78. The normalized spacial score (nSPS) is 11.7. The molecule has 0 amide bonds. The fourth-order valence-corrected chi connectivity index (χ4v) is 3.57. The van der Waals surface area contributed by atoms with Crippen LogP contribution in [0.3, 0.4) is 0 Å². The van der Waals surface area contributed by atoms with Gasteiger partial charge in [-0.15, -0.1) is 0 Å². The van der Waals surface area contributed by atoms with Gasteiger partial charge in [0.2, 0.25) is 0 Å². The van der Waals surface area contributed by atoms with Gasteiger partial charge in [0.05, 0.1) is 16.9 Å². The van der Waals surface area contributed by atoms with Gasteiger partial charge < -0.3 is 19.5 Å². The molecule has 160 valence electrons. The van der Waals surface area contributed by atoms with E-state index in [-0.39, 0.29) is 39.5 Å². The van der Waals surface area contributed by atoms with E-state index in [1.54, 1.807) is 0 Å². The first-order valence-corrected chi connectivity index (χ1v) is 10.2. The van der Waals surface area contributed by atoms with Crippen molar-refractivity contribution in [2.75, 3.05) is 0 Å². The van der Waals surface area contributed by atoms with Crippen molar-refractivity contribution in [3.8, 4) is 22.6 Å². The lowest BCUT2D eigenvalue weighted by Crippen LogP contribution is -2.07. The maximum absolute atomic E-state index is 13.6. The van der Waals surface area contributed by atoms with E-state index >= 15 is 0 Å². The average Bonchev–Trinajstić information content (AvgIpc) is 2.68. The average molecular weight is 444 g/mol. The highest BCUT2D eigenvalue weighted by Gasteiger charge is 2.21. The molecule has 0 spiro atoms.